The van der Waals surface area contributed by atoms with E-state index < -0.39 is 0 Å². The topological polar surface area (TPSA) is 38.3 Å². The SMILES string of the molecule is CCOC(=O)c1c[c]c(Nc2ccc(Cl)cc2)cc1. The Morgan fingerprint density at radius 1 is 1.26 bits per heavy atom. The van der Waals surface area contributed by atoms with Crippen LogP contribution in [-0.2, 0) is 4.74 Å². The van der Waals surface area contributed by atoms with Crippen LogP contribution in [0.5, 0.6) is 0 Å². The van der Waals surface area contributed by atoms with Gasteiger partial charge in [-0.1, -0.05) is 11.6 Å². The van der Waals surface area contributed by atoms with Crippen molar-refractivity contribution in [2.45, 2.75) is 6.92 Å². The van der Waals surface area contributed by atoms with Crippen molar-refractivity contribution in [3.63, 3.8) is 0 Å². The lowest BCUT2D eigenvalue weighted by Gasteiger charge is -2.07. The minimum atomic E-state index is -0.336. The summed E-state index contributed by atoms with van der Waals surface area (Å²) in [7, 11) is 0. The van der Waals surface area contributed by atoms with Crippen molar-refractivity contribution >= 4 is 28.9 Å². The fourth-order valence-corrected chi connectivity index (χ4v) is 1.66. The molecule has 0 aromatic heterocycles. The van der Waals surface area contributed by atoms with Gasteiger partial charge in [0.15, 0.2) is 0 Å². The lowest BCUT2D eigenvalue weighted by molar-refractivity contribution is 0.0526. The largest absolute Gasteiger partial charge is 0.462 e. The highest BCUT2D eigenvalue weighted by molar-refractivity contribution is 6.30. The predicted molar refractivity (Wildman–Crippen MR) is 76.0 cm³/mol. The number of carbonyl (C=O) groups is 1. The minimum absolute atomic E-state index is 0.336. The standard InChI is InChI=1S/C15H13ClNO2/c1-2-19-15(18)11-3-7-13(8-4-11)17-14-9-5-12(16)6-10-14/h3-7,9-10,17H,2H2,1H3. The van der Waals surface area contributed by atoms with Gasteiger partial charge in [-0.2, -0.15) is 0 Å². The fraction of sp³-hybridized carbons (Fsp3) is 0.133. The molecule has 19 heavy (non-hydrogen) atoms. The molecule has 0 saturated carbocycles. The van der Waals surface area contributed by atoms with E-state index in [1.54, 1.807) is 37.3 Å². The third-order valence-corrected chi connectivity index (χ3v) is 2.70. The highest BCUT2D eigenvalue weighted by Gasteiger charge is 2.05. The van der Waals surface area contributed by atoms with E-state index in [1.165, 1.54) is 0 Å². The summed E-state index contributed by atoms with van der Waals surface area (Å²) in [5.41, 5.74) is 2.17. The summed E-state index contributed by atoms with van der Waals surface area (Å²) in [6.07, 6.45) is 0. The Labute approximate surface area is 117 Å². The van der Waals surface area contributed by atoms with E-state index in [-0.39, 0.29) is 5.97 Å². The molecule has 0 unspecified atom stereocenters. The Kier molecular flexibility index (Phi) is 4.42. The number of nitrogens with one attached hydrogen (secondary N) is 1. The Morgan fingerprint density at radius 2 is 2.00 bits per heavy atom. The smallest absolute Gasteiger partial charge is 0.338 e. The average molecular weight is 275 g/mol. The van der Waals surface area contributed by atoms with E-state index in [4.69, 9.17) is 16.3 Å². The molecule has 0 amide bonds. The molecule has 0 aliphatic heterocycles. The molecule has 2 aromatic rings. The third kappa shape index (κ3) is 3.73. The van der Waals surface area contributed by atoms with Crippen LogP contribution < -0.4 is 5.32 Å². The van der Waals surface area contributed by atoms with E-state index in [0.717, 1.165) is 11.4 Å². The first kappa shape index (κ1) is 13.4. The van der Waals surface area contributed by atoms with Crippen LogP contribution in [0.3, 0.4) is 0 Å². The van der Waals surface area contributed by atoms with Crippen molar-refractivity contribution in [3.05, 3.63) is 59.1 Å². The lowest BCUT2D eigenvalue weighted by atomic mass is 10.2. The average Bonchev–Trinajstić information content (AvgIpc) is 2.42. The second kappa shape index (κ2) is 6.25. The van der Waals surface area contributed by atoms with Crippen molar-refractivity contribution < 1.29 is 9.53 Å². The first-order chi connectivity index (χ1) is 9.19. The Bertz CT molecular complexity index is 549. The quantitative estimate of drug-likeness (QED) is 0.855. The molecular weight excluding hydrogens is 262 g/mol. The van der Waals surface area contributed by atoms with Crippen LogP contribution in [0.15, 0.2) is 42.5 Å². The zero-order valence-electron chi connectivity index (χ0n) is 10.4. The van der Waals surface area contributed by atoms with Crippen LogP contribution in [0.2, 0.25) is 5.02 Å². The molecule has 4 heteroatoms. The van der Waals surface area contributed by atoms with Crippen molar-refractivity contribution in [2.75, 3.05) is 11.9 Å². The van der Waals surface area contributed by atoms with Gasteiger partial charge in [-0.15, -0.1) is 0 Å². The molecule has 1 N–H and O–H groups in total. The van der Waals surface area contributed by atoms with Crippen LogP contribution in [0.25, 0.3) is 0 Å². The van der Waals surface area contributed by atoms with Gasteiger partial charge in [-0.25, -0.2) is 4.79 Å². The molecule has 0 aliphatic rings. The summed E-state index contributed by atoms with van der Waals surface area (Å²) in [4.78, 5) is 11.5. The number of hydrogen-bond acceptors (Lipinski definition) is 3. The molecule has 3 nitrogen and oxygen atoms in total. The van der Waals surface area contributed by atoms with Gasteiger partial charge in [0.1, 0.15) is 0 Å². The van der Waals surface area contributed by atoms with Gasteiger partial charge in [0.05, 0.1) is 12.2 Å². The molecule has 0 heterocycles. The predicted octanol–water partition coefficient (Wildman–Crippen LogP) is 4.06. The van der Waals surface area contributed by atoms with Gasteiger partial charge >= 0.3 is 5.97 Å². The monoisotopic (exact) mass is 274 g/mol. The molecule has 2 rings (SSSR count). The Hall–Kier alpha value is -2.00. The van der Waals surface area contributed by atoms with Gasteiger partial charge in [0.2, 0.25) is 0 Å². The summed E-state index contributed by atoms with van der Waals surface area (Å²) in [6, 6.07) is 15.4. The summed E-state index contributed by atoms with van der Waals surface area (Å²) in [5, 5.41) is 3.85. The molecule has 0 bridgehead atoms. The molecule has 0 fully saturated rings. The number of benzene rings is 2. The maximum Gasteiger partial charge on any atom is 0.338 e. The maximum atomic E-state index is 11.5. The van der Waals surface area contributed by atoms with E-state index in [1.807, 2.05) is 12.1 Å². The Balaban J connectivity index is 2.06. The number of rotatable bonds is 4. The normalized spacial score (nSPS) is 10.0. The van der Waals surface area contributed by atoms with Crippen LogP contribution in [-0.4, -0.2) is 12.6 Å². The van der Waals surface area contributed by atoms with Crippen LogP contribution in [0, 0.1) is 6.07 Å². The number of ether oxygens (including phenoxy) is 1. The molecule has 0 atom stereocenters. The number of anilines is 2. The van der Waals surface area contributed by atoms with E-state index in [2.05, 4.69) is 11.4 Å². The third-order valence-electron chi connectivity index (χ3n) is 2.45. The first-order valence-corrected chi connectivity index (χ1v) is 6.28. The van der Waals surface area contributed by atoms with Crippen LogP contribution in [0.4, 0.5) is 11.4 Å². The minimum Gasteiger partial charge on any atom is -0.462 e. The van der Waals surface area contributed by atoms with Crippen molar-refractivity contribution in [2.24, 2.45) is 0 Å². The van der Waals surface area contributed by atoms with E-state index in [9.17, 15) is 4.79 Å². The number of carbonyl (C=O) groups excluding carboxylic acids is 1. The molecular formula is C15H13ClNO2. The zero-order chi connectivity index (χ0) is 13.7. The highest BCUT2D eigenvalue weighted by Crippen LogP contribution is 2.19. The number of hydrogen-bond donors (Lipinski definition) is 1. The van der Waals surface area contributed by atoms with Crippen molar-refractivity contribution in [1.82, 2.24) is 0 Å². The summed E-state index contributed by atoms with van der Waals surface area (Å²) in [6.45, 7) is 2.14. The second-order valence-electron chi connectivity index (χ2n) is 3.84. The molecule has 1 radical (unpaired) electrons. The zero-order valence-corrected chi connectivity index (χ0v) is 11.2. The lowest BCUT2D eigenvalue weighted by Crippen LogP contribution is -2.04. The maximum absolute atomic E-state index is 11.5. The van der Waals surface area contributed by atoms with E-state index >= 15 is 0 Å². The van der Waals surface area contributed by atoms with Crippen molar-refractivity contribution in [1.29, 1.82) is 0 Å². The van der Waals surface area contributed by atoms with Gasteiger partial charge in [0.25, 0.3) is 0 Å². The second-order valence-corrected chi connectivity index (χ2v) is 4.28. The molecule has 2 aromatic carbocycles. The fourth-order valence-electron chi connectivity index (χ4n) is 1.53. The first-order valence-electron chi connectivity index (χ1n) is 5.90. The van der Waals surface area contributed by atoms with Gasteiger partial charge in [-0.3, -0.25) is 0 Å². The van der Waals surface area contributed by atoms with Crippen LogP contribution >= 0.6 is 11.6 Å². The van der Waals surface area contributed by atoms with Crippen molar-refractivity contribution in [3.8, 4) is 0 Å². The Morgan fingerprint density at radius 3 is 2.58 bits per heavy atom. The van der Waals surface area contributed by atoms with Gasteiger partial charge < -0.3 is 10.1 Å². The van der Waals surface area contributed by atoms with Gasteiger partial charge in [0, 0.05) is 22.5 Å². The summed E-state index contributed by atoms with van der Waals surface area (Å²) >= 11 is 5.81. The number of halogens is 1. The number of esters is 1. The highest BCUT2D eigenvalue weighted by atomic mass is 35.5. The van der Waals surface area contributed by atoms with E-state index in [0.29, 0.717) is 17.2 Å². The molecule has 0 spiro atoms. The van der Waals surface area contributed by atoms with Crippen LogP contribution in [0.1, 0.15) is 17.3 Å². The van der Waals surface area contributed by atoms with Gasteiger partial charge in [-0.05, 0) is 49.4 Å². The molecule has 0 saturated heterocycles. The summed E-state index contributed by atoms with van der Waals surface area (Å²) in [5.74, 6) is -0.336. The molecule has 97 valence electrons. The summed E-state index contributed by atoms with van der Waals surface area (Å²) < 4.78 is 4.91. The molecule has 0 aliphatic carbocycles.